The molecule has 23 heavy (non-hydrogen) atoms. The molecule has 1 amide bonds. The Labute approximate surface area is 145 Å². The summed E-state index contributed by atoms with van der Waals surface area (Å²) in [4.78, 5) is 12.8. The maximum Gasteiger partial charge on any atom is 0.251 e. The summed E-state index contributed by atoms with van der Waals surface area (Å²) >= 11 is 0. The zero-order chi connectivity index (χ0) is 16.8. The largest absolute Gasteiger partial charge is 0.378 e. The molecular formula is C15H23ClN2O4S. The standard InChI is InChI=1S/C15H23ClN2O4S/c16-23-14-3-1-13(2-4-14)15(19)18-6-8-21-10-12-22-11-9-20-7-5-17/h1-4H,5-12,17H2,(H,18,19). The van der Waals surface area contributed by atoms with Crippen LogP contribution in [0.3, 0.4) is 0 Å². The highest BCUT2D eigenvalue weighted by atomic mass is 35.7. The summed E-state index contributed by atoms with van der Waals surface area (Å²) in [6.45, 7) is 3.99. The van der Waals surface area contributed by atoms with E-state index in [1.807, 2.05) is 0 Å². The first-order chi connectivity index (χ1) is 11.3. The highest BCUT2D eigenvalue weighted by Crippen LogP contribution is 2.21. The topological polar surface area (TPSA) is 82.8 Å². The lowest BCUT2D eigenvalue weighted by Gasteiger charge is -2.08. The molecule has 0 aliphatic rings. The number of nitrogens with one attached hydrogen (secondary N) is 1. The van der Waals surface area contributed by atoms with E-state index in [9.17, 15) is 4.79 Å². The second-order valence-electron chi connectivity index (χ2n) is 4.48. The summed E-state index contributed by atoms with van der Waals surface area (Å²) < 4.78 is 15.8. The van der Waals surface area contributed by atoms with E-state index in [-0.39, 0.29) is 5.91 Å². The minimum Gasteiger partial charge on any atom is -0.378 e. The molecular weight excluding hydrogens is 340 g/mol. The van der Waals surface area contributed by atoms with Crippen LogP contribution in [-0.4, -0.2) is 58.6 Å². The number of hydrogen-bond acceptors (Lipinski definition) is 6. The van der Waals surface area contributed by atoms with Crippen LogP contribution in [0, 0.1) is 0 Å². The van der Waals surface area contributed by atoms with Crippen molar-refractivity contribution < 1.29 is 19.0 Å². The Bertz CT molecular complexity index is 434. The number of ether oxygens (including phenoxy) is 3. The maximum absolute atomic E-state index is 11.9. The zero-order valence-corrected chi connectivity index (χ0v) is 14.5. The van der Waals surface area contributed by atoms with E-state index in [4.69, 9.17) is 30.6 Å². The molecule has 0 unspecified atom stereocenters. The van der Waals surface area contributed by atoms with Gasteiger partial charge in [0.2, 0.25) is 0 Å². The minimum atomic E-state index is -0.131. The van der Waals surface area contributed by atoms with Crippen molar-refractivity contribution in [2.24, 2.45) is 5.73 Å². The first kappa shape index (κ1) is 20.2. The normalized spacial score (nSPS) is 10.7. The van der Waals surface area contributed by atoms with Crippen LogP contribution in [0.15, 0.2) is 29.2 Å². The van der Waals surface area contributed by atoms with Crippen LogP contribution in [0.25, 0.3) is 0 Å². The molecule has 0 atom stereocenters. The Balaban J connectivity index is 1.97. The van der Waals surface area contributed by atoms with Crippen LogP contribution in [0.4, 0.5) is 0 Å². The van der Waals surface area contributed by atoms with E-state index in [0.29, 0.717) is 58.3 Å². The Morgan fingerprint density at radius 2 is 1.57 bits per heavy atom. The van der Waals surface area contributed by atoms with E-state index >= 15 is 0 Å². The van der Waals surface area contributed by atoms with Crippen molar-refractivity contribution in [1.29, 1.82) is 0 Å². The van der Waals surface area contributed by atoms with Gasteiger partial charge in [0.15, 0.2) is 0 Å². The Kier molecular flexibility index (Phi) is 11.9. The van der Waals surface area contributed by atoms with Crippen LogP contribution in [0.1, 0.15) is 10.4 Å². The molecule has 0 bridgehead atoms. The van der Waals surface area contributed by atoms with Gasteiger partial charge in [0.1, 0.15) is 0 Å². The van der Waals surface area contributed by atoms with Gasteiger partial charge in [0.25, 0.3) is 5.91 Å². The number of benzene rings is 1. The fourth-order valence-electron chi connectivity index (χ4n) is 1.62. The number of carbonyl (C=O) groups excluding carboxylic acids is 1. The van der Waals surface area contributed by atoms with Crippen LogP contribution in [0.5, 0.6) is 0 Å². The van der Waals surface area contributed by atoms with E-state index in [0.717, 1.165) is 15.9 Å². The molecule has 0 radical (unpaired) electrons. The Morgan fingerprint density at radius 3 is 2.13 bits per heavy atom. The molecule has 0 saturated heterocycles. The SMILES string of the molecule is NCCOCCOCCOCCNC(=O)c1ccc(SCl)cc1. The molecule has 8 heteroatoms. The van der Waals surface area contributed by atoms with Crippen molar-refractivity contribution >= 4 is 27.6 Å². The highest BCUT2D eigenvalue weighted by molar-refractivity contribution is 8.21. The Morgan fingerprint density at radius 1 is 1.00 bits per heavy atom. The van der Waals surface area contributed by atoms with Gasteiger partial charge in [-0.3, -0.25) is 4.79 Å². The molecule has 0 heterocycles. The monoisotopic (exact) mass is 362 g/mol. The van der Waals surface area contributed by atoms with Gasteiger partial charge in [-0.2, -0.15) is 0 Å². The quantitative estimate of drug-likeness (QED) is 0.519. The molecule has 0 aromatic heterocycles. The predicted molar refractivity (Wildman–Crippen MR) is 92.0 cm³/mol. The van der Waals surface area contributed by atoms with E-state index in [1.165, 1.54) is 0 Å². The lowest BCUT2D eigenvalue weighted by Crippen LogP contribution is -2.27. The van der Waals surface area contributed by atoms with Crippen LogP contribution in [-0.2, 0) is 14.2 Å². The molecule has 1 aromatic carbocycles. The predicted octanol–water partition coefficient (Wildman–Crippen LogP) is 1.67. The molecule has 0 fully saturated rings. The summed E-state index contributed by atoms with van der Waals surface area (Å²) in [5.74, 6) is -0.131. The van der Waals surface area contributed by atoms with Gasteiger partial charge in [-0.1, -0.05) is 0 Å². The van der Waals surface area contributed by atoms with Crippen molar-refractivity contribution in [1.82, 2.24) is 5.32 Å². The minimum absolute atomic E-state index is 0.131. The summed E-state index contributed by atoms with van der Waals surface area (Å²) in [6.07, 6.45) is 0. The first-order valence-electron chi connectivity index (χ1n) is 7.38. The molecule has 0 spiro atoms. The number of hydrogen-bond donors (Lipinski definition) is 2. The van der Waals surface area contributed by atoms with E-state index < -0.39 is 0 Å². The smallest absolute Gasteiger partial charge is 0.251 e. The fourth-order valence-corrected chi connectivity index (χ4v) is 2.17. The van der Waals surface area contributed by atoms with Gasteiger partial charge in [0.05, 0.1) is 39.6 Å². The van der Waals surface area contributed by atoms with Crippen molar-refractivity contribution in [2.45, 2.75) is 4.90 Å². The molecule has 1 aromatic rings. The van der Waals surface area contributed by atoms with Gasteiger partial charge in [0, 0.05) is 23.5 Å². The number of halogens is 1. The Hall–Kier alpha value is -0.830. The average Bonchev–Trinajstić information content (AvgIpc) is 2.59. The van der Waals surface area contributed by atoms with Crippen molar-refractivity contribution in [2.75, 3.05) is 52.7 Å². The number of rotatable bonds is 13. The molecule has 0 saturated carbocycles. The molecule has 1 rings (SSSR count). The van der Waals surface area contributed by atoms with Crippen molar-refractivity contribution in [3.8, 4) is 0 Å². The molecule has 0 aliphatic carbocycles. The first-order valence-corrected chi connectivity index (χ1v) is 9.02. The van der Waals surface area contributed by atoms with Gasteiger partial charge < -0.3 is 25.3 Å². The molecule has 3 N–H and O–H groups in total. The van der Waals surface area contributed by atoms with Crippen LogP contribution >= 0.6 is 21.7 Å². The lowest BCUT2D eigenvalue weighted by molar-refractivity contribution is 0.0166. The maximum atomic E-state index is 11.9. The summed E-state index contributed by atoms with van der Waals surface area (Å²) in [5.41, 5.74) is 5.88. The molecule has 6 nitrogen and oxygen atoms in total. The van der Waals surface area contributed by atoms with Crippen LogP contribution < -0.4 is 11.1 Å². The second kappa shape index (κ2) is 13.6. The second-order valence-corrected chi connectivity index (χ2v) is 5.57. The fraction of sp³-hybridized carbons (Fsp3) is 0.533. The van der Waals surface area contributed by atoms with E-state index in [1.54, 1.807) is 24.3 Å². The molecule has 0 aliphatic heterocycles. The molecule has 130 valence electrons. The third-order valence-electron chi connectivity index (χ3n) is 2.74. The van der Waals surface area contributed by atoms with E-state index in [2.05, 4.69) is 5.32 Å². The highest BCUT2D eigenvalue weighted by Gasteiger charge is 2.04. The summed E-state index contributed by atoms with van der Waals surface area (Å²) in [7, 11) is 6.74. The van der Waals surface area contributed by atoms with Gasteiger partial charge >= 0.3 is 0 Å². The van der Waals surface area contributed by atoms with Gasteiger partial charge in [-0.15, -0.1) is 0 Å². The lowest BCUT2D eigenvalue weighted by atomic mass is 10.2. The van der Waals surface area contributed by atoms with Gasteiger partial charge in [-0.25, -0.2) is 0 Å². The van der Waals surface area contributed by atoms with Gasteiger partial charge in [-0.05, 0) is 45.9 Å². The van der Waals surface area contributed by atoms with Crippen molar-refractivity contribution in [3.63, 3.8) is 0 Å². The third-order valence-corrected chi connectivity index (χ3v) is 3.73. The van der Waals surface area contributed by atoms with Crippen molar-refractivity contribution in [3.05, 3.63) is 29.8 Å². The van der Waals surface area contributed by atoms with Crippen LogP contribution in [0.2, 0.25) is 0 Å². The number of nitrogens with two attached hydrogens (primary N) is 1. The zero-order valence-electron chi connectivity index (χ0n) is 13.0. The number of carbonyl (C=O) groups is 1. The average molecular weight is 363 g/mol. The summed E-state index contributed by atoms with van der Waals surface area (Å²) in [6, 6.07) is 7.08. The number of amides is 1. The summed E-state index contributed by atoms with van der Waals surface area (Å²) in [5, 5.41) is 2.79. The third kappa shape index (κ3) is 9.80.